The van der Waals surface area contributed by atoms with Gasteiger partial charge < -0.3 is 4.90 Å². The van der Waals surface area contributed by atoms with E-state index in [9.17, 15) is 17.6 Å². The Labute approximate surface area is 165 Å². The fourth-order valence-electron chi connectivity index (χ4n) is 3.35. The van der Waals surface area contributed by atoms with Crippen LogP contribution in [0.2, 0.25) is 0 Å². The van der Waals surface area contributed by atoms with Crippen molar-refractivity contribution in [2.45, 2.75) is 38.0 Å². The van der Waals surface area contributed by atoms with Gasteiger partial charge in [0, 0.05) is 15.6 Å². The van der Waals surface area contributed by atoms with E-state index >= 15 is 0 Å². The van der Waals surface area contributed by atoms with Gasteiger partial charge in [0.15, 0.2) is 15.0 Å². The topological polar surface area (TPSA) is 66.8 Å². The molecule has 2 fully saturated rings. The molecule has 0 bridgehead atoms. The number of halogens is 2. The van der Waals surface area contributed by atoms with E-state index in [-0.39, 0.29) is 34.3 Å². The van der Waals surface area contributed by atoms with E-state index in [1.165, 1.54) is 17.8 Å². The molecule has 142 valence electrons. The molecule has 1 amide bonds. The Balaban J connectivity index is 2.02. The molecule has 9 heteroatoms. The summed E-state index contributed by atoms with van der Waals surface area (Å²) in [6, 6.07) is 4.20. The largest absolute Gasteiger partial charge is 0.313 e. The fraction of sp³-hybridized carbons (Fsp3) is 0.529. The quantitative estimate of drug-likeness (QED) is 0.683. The molecule has 2 heterocycles. The second-order valence-corrected chi connectivity index (χ2v) is 10.8. The highest BCUT2D eigenvalue weighted by Gasteiger charge is 2.50. The van der Waals surface area contributed by atoms with Gasteiger partial charge >= 0.3 is 0 Å². The molecule has 0 aromatic heterocycles. The van der Waals surface area contributed by atoms with Crippen molar-refractivity contribution in [1.29, 1.82) is 0 Å². The Hall–Kier alpha value is -0.930. The van der Waals surface area contributed by atoms with Crippen LogP contribution in [-0.2, 0) is 14.6 Å². The lowest BCUT2D eigenvalue weighted by atomic mass is 10.0. The van der Waals surface area contributed by atoms with Gasteiger partial charge in [-0.05, 0) is 31.0 Å². The summed E-state index contributed by atoms with van der Waals surface area (Å²) in [5.74, 6) is -0.924. The Bertz CT molecular complexity index is 856. The van der Waals surface area contributed by atoms with Crippen molar-refractivity contribution in [3.63, 3.8) is 0 Å². The first-order valence-corrected chi connectivity index (χ1v) is 12.0. The van der Waals surface area contributed by atoms with Gasteiger partial charge in [0.1, 0.15) is 5.82 Å². The summed E-state index contributed by atoms with van der Waals surface area (Å²) < 4.78 is 39.3. The second kappa shape index (κ2) is 7.59. The fourth-order valence-corrected chi connectivity index (χ4v) is 7.59. The highest BCUT2D eigenvalue weighted by molar-refractivity contribution is 9.10. The highest BCUT2D eigenvalue weighted by Crippen LogP contribution is 2.42. The van der Waals surface area contributed by atoms with E-state index in [4.69, 9.17) is 0 Å². The first-order valence-electron chi connectivity index (χ1n) is 8.49. The summed E-state index contributed by atoms with van der Waals surface area (Å²) >= 11 is 4.49. The molecule has 0 spiro atoms. The standard InChI is InChI=1S/C17H20BrFN2O3S2/c1-3-10(4-2)16(22)20-17-21(13-6-5-11(18)7-12(13)19)14-8-26(23,24)9-15(14)25-17/h5-7,10,14-15H,3-4,8-9H2,1-2H3/t14-,15+/m0/s1. The molecule has 0 unspecified atom stereocenters. The average molecular weight is 463 g/mol. The van der Waals surface area contributed by atoms with E-state index in [1.807, 2.05) is 13.8 Å². The number of nitrogens with zero attached hydrogens (tertiary/aromatic N) is 2. The van der Waals surface area contributed by atoms with Crippen LogP contribution in [0.1, 0.15) is 26.7 Å². The average Bonchev–Trinajstić information content (AvgIpc) is 3.00. The minimum absolute atomic E-state index is 0.0230. The minimum Gasteiger partial charge on any atom is -0.313 e. The molecule has 3 rings (SSSR count). The number of aliphatic imine (C=N–C) groups is 1. The van der Waals surface area contributed by atoms with Gasteiger partial charge in [-0.3, -0.25) is 4.79 Å². The molecule has 2 atom stereocenters. The van der Waals surface area contributed by atoms with Crippen LogP contribution in [0.3, 0.4) is 0 Å². The van der Waals surface area contributed by atoms with Crippen LogP contribution in [-0.4, -0.2) is 42.3 Å². The first kappa shape index (κ1) is 19.8. The first-order chi connectivity index (χ1) is 12.3. The molecule has 2 aliphatic heterocycles. The van der Waals surface area contributed by atoms with Crippen LogP contribution in [0, 0.1) is 11.7 Å². The zero-order valence-electron chi connectivity index (χ0n) is 14.5. The number of rotatable bonds is 4. The van der Waals surface area contributed by atoms with E-state index in [2.05, 4.69) is 20.9 Å². The minimum atomic E-state index is -3.18. The molecule has 2 saturated heterocycles. The summed E-state index contributed by atoms with van der Waals surface area (Å²) in [4.78, 5) is 18.3. The van der Waals surface area contributed by atoms with Crippen LogP contribution in [0.5, 0.6) is 0 Å². The Morgan fingerprint density at radius 3 is 2.69 bits per heavy atom. The predicted octanol–water partition coefficient (Wildman–Crippen LogP) is 3.63. The van der Waals surface area contributed by atoms with E-state index in [0.717, 1.165) is 0 Å². The van der Waals surface area contributed by atoms with Crippen LogP contribution in [0.25, 0.3) is 0 Å². The smallest absolute Gasteiger partial charge is 0.251 e. The number of carbonyl (C=O) groups excluding carboxylic acids is 1. The molecule has 0 N–H and O–H groups in total. The number of benzene rings is 1. The Kier molecular flexibility index (Phi) is 5.79. The summed E-state index contributed by atoms with van der Waals surface area (Å²) in [6.45, 7) is 3.86. The molecule has 0 aliphatic carbocycles. The summed E-state index contributed by atoms with van der Waals surface area (Å²) in [5.41, 5.74) is 0.251. The zero-order chi connectivity index (χ0) is 19.1. The molecular weight excluding hydrogens is 443 g/mol. The van der Waals surface area contributed by atoms with Crippen LogP contribution in [0.4, 0.5) is 10.1 Å². The molecule has 5 nitrogen and oxygen atoms in total. The molecule has 0 saturated carbocycles. The van der Waals surface area contributed by atoms with Gasteiger partial charge in [0.2, 0.25) is 0 Å². The van der Waals surface area contributed by atoms with Gasteiger partial charge in [0.05, 0.1) is 23.2 Å². The molecule has 0 radical (unpaired) electrons. The van der Waals surface area contributed by atoms with Crippen molar-refractivity contribution < 1.29 is 17.6 Å². The SMILES string of the molecule is CCC(CC)C(=O)N=C1S[C@@H]2CS(=O)(=O)C[C@@H]2N1c1ccc(Br)cc1F. The van der Waals surface area contributed by atoms with Crippen molar-refractivity contribution in [3.8, 4) is 0 Å². The van der Waals surface area contributed by atoms with Crippen molar-refractivity contribution in [2.75, 3.05) is 16.4 Å². The van der Waals surface area contributed by atoms with Crippen molar-refractivity contribution in [3.05, 3.63) is 28.5 Å². The predicted molar refractivity (Wildman–Crippen MR) is 107 cm³/mol. The maximum atomic E-state index is 14.6. The number of hydrogen-bond acceptors (Lipinski definition) is 4. The Morgan fingerprint density at radius 2 is 2.08 bits per heavy atom. The van der Waals surface area contributed by atoms with Crippen molar-refractivity contribution >= 4 is 54.3 Å². The summed E-state index contributed by atoms with van der Waals surface area (Å²) in [6.07, 6.45) is 1.37. The van der Waals surface area contributed by atoms with Gasteiger partial charge in [-0.15, -0.1) is 0 Å². The molecule has 1 aromatic rings. The number of thioether (sulfide) groups is 1. The summed E-state index contributed by atoms with van der Waals surface area (Å²) in [7, 11) is -3.18. The monoisotopic (exact) mass is 462 g/mol. The lowest BCUT2D eigenvalue weighted by molar-refractivity contribution is -0.121. The third-order valence-corrected chi connectivity index (χ3v) is 8.48. The number of sulfone groups is 1. The van der Waals surface area contributed by atoms with Crippen molar-refractivity contribution in [1.82, 2.24) is 0 Å². The van der Waals surface area contributed by atoms with Crippen molar-refractivity contribution in [2.24, 2.45) is 10.9 Å². The maximum absolute atomic E-state index is 14.6. The summed E-state index contributed by atoms with van der Waals surface area (Å²) in [5, 5.41) is 0.157. The van der Waals surface area contributed by atoms with Crippen LogP contribution in [0.15, 0.2) is 27.7 Å². The number of anilines is 1. The van der Waals surface area contributed by atoms with Crippen LogP contribution >= 0.6 is 27.7 Å². The third kappa shape index (κ3) is 3.84. The molecular formula is C17H20BrFN2O3S2. The molecule has 2 aliphatic rings. The van der Waals surface area contributed by atoms with E-state index in [1.54, 1.807) is 17.0 Å². The lowest BCUT2D eigenvalue weighted by Gasteiger charge is -2.25. The van der Waals surface area contributed by atoms with Gasteiger partial charge in [0.25, 0.3) is 5.91 Å². The maximum Gasteiger partial charge on any atom is 0.251 e. The number of hydrogen-bond donors (Lipinski definition) is 0. The number of carbonyl (C=O) groups is 1. The van der Waals surface area contributed by atoms with Gasteiger partial charge in [-0.1, -0.05) is 41.5 Å². The third-order valence-electron chi connectivity index (χ3n) is 4.78. The van der Waals surface area contributed by atoms with Crippen LogP contribution < -0.4 is 4.90 Å². The molecule has 26 heavy (non-hydrogen) atoms. The van der Waals surface area contributed by atoms with Gasteiger partial charge in [-0.25, -0.2) is 12.8 Å². The lowest BCUT2D eigenvalue weighted by Crippen LogP contribution is -2.38. The van der Waals surface area contributed by atoms with Gasteiger partial charge in [-0.2, -0.15) is 4.99 Å². The zero-order valence-corrected chi connectivity index (χ0v) is 17.7. The van der Waals surface area contributed by atoms with E-state index in [0.29, 0.717) is 22.5 Å². The number of amides is 1. The highest BCUT2D eigenvalue weighted by atomic mass is 79.9. The number of fused-ring (bicyclic) bond motifs is 1. The normalized spacial score (nSPS) is 25.9. The number of amidine groups is 1. The van der Waals surface area contributed by atoms with E-state index < -0.39 is 21.7 Å². The second-order valence-electron chi connectivity index (χ2n) is 6.51. The Morgan fingerprint density at radius 1 is 1.38 bits per heavy atom. The molecule has 1 aromatic carbocycles.